The molecule has 0 unspecified atom stereocenters. The summed E-state index contributed by atoms with van der Waals surface area (Å²) >= 11 is 3.29. The molecule has 0 aromatic heterocycles. The Labute approximate surface area is 59.2 Å². The third-order valence-corrected chi connectivity index (χ3v) is 2.41. The zero-order chi connectivity index (χ0) is 6.78. The second-order valence-electron chi connectivity index (χ2n) is 2.71. The molecule has 0 spiro atoms. The van der Waals surface area contributed by atoms with Crippen LogP contribution in [0.3, 0.4) is 0 Å². The summed E-state index contributed by atoms with van der Waals surface area (Å²) in [6, 6.07) is 0. The largest absolute Gasteiger partial charge is 0.390 e. The second-order valence-corrected chi connectivity index (χ2v) is 3.36. The Hall–Kier alpha value is 0.440. The van der Waals surface area contributed by atoms with Gasteiger partial charge in [0.25, 0.3) is 0 Å². The highest BCUT2D eigenvalue weighted by molar-refractivity contribution is 9.09. The minimum Gasteiger partial charge on any atom is -0.390 e. The Kier molecular flexibility index (Phi) is 2.99. The van der Waals surface area contributed by atoms with Crippen LogP contribution in [0.15, 0.2) is 0 Å². The first-order valence-electron chi connectivity index (χ1n) is 2.77. The van der Waals surface area contributed by atoms with Gasteiger partial charge in [0.1, 0.15) is 0 Å². The van der Waals surface area contributed by atoms with Crippen LogP contribution < -0.4 is 0 Å². The van der Waals surface area contributed by atoms with Crippen molar-refractivity contribution in [3.8, 4) is 0 Å². The monoisotopic (exact) mass is 180 g/mol. The van der Waals surface area contributed by atoms with Crippen LogP contribution in [0.2, 0.25) is 0 Å². The Morgan fingerprint density at radius 3 is 2.00 bits per heavy atom. The molecule has 0 bridgehead atoms. The lowest BCUT2D eigenvalue weighted by Crippen LogP contribution is -2.29. The maximum absolute atomic E-state index is 9.26. The number of hydrogen-bond donors (Lipinski definition) is 1. The van der Waals surface area contributed by atoms with E-state index in [-0.39, 0.29) is 0 Å². The molecule has 1 nitrogen and oxygen atoms in total. The van der Waals surface area contributed by atoms with Gasteiger partial charge in [0.2, 0.25) is 0 Å². The summed E-state index contributed by atoms with van der Waals surface area (Å²) in [7, 11) is 0. The van der Waals surface area contributed by atoms with Gasteiger partial charge in [0, 0.05) is 5.33 Å². The van der Waals surface area contributed by atoms with E-state index in [0.717, 1.165) is 5.33 Å². The lowest BCUT2D eigenvalue weighted by Gasteiger charge is -2.23. The molecule has 0 heterocycles. The van der Waals surface area contributed by atoms with Crippen molar-refractivity contribution >= 4 is 15.9 Å². The standard InChI is InChI=1S/C6H13BrO/c1-5(4-7)6(2,3)8/h5,8H,4H2,1-3H3/t5-/m0/s1. The summed E-state index contributed by atoms with van der Waals surface area (Å²) in [6.07, 6.45) is 0. The minimum absolute atomic E-state index is 0.322. The first-order valence-corrected chi connectivity index (χ1v) is 3.89. The molecule has 1 atom stereocenters. The van der Waals surface area contributed by atoms with Gasteiger partial charge in [-0.15, -0.1) is 0 Å². The molecule has 0 aromatic rings. The number of aliphatic hydroxyl groups is 1. The van der Waals surface area contributed by atoms with Crippen LogP contribution in [-0.4, -0.2) is 16.0 Å². The maximum atomic E-state index is 9.26. The molecule has 0 rings (SSSR count). The normalized spacial score (nSPS) is 16.1. The van der Waals surface area contributed by atoms with E-state index in [1.807, 2.05) is 20.8 Å². The molecular weight excluding hydrogens is 168 g/mol. The van der Waals surface area contributed by atoms with Gasteiger partial charge in [-0.2, -0.15) is 0 Å². The summed E-state index contributed by atoms with van der Waals surface area (Å²) in [5.74, 6) is 0.322. The van der Waals surface area contributed by atoms with Crippen LogP contribution in [0.1, 0.15) is 20.8 Å². The molecule has 0 aliphatic heterocycles. The molecular formula is C6H13BrO. The number of alkyl halides is 1. The molecule has 0 aliphatic rings. The van der Waals surface area contributed by atoms with Crippen molar-refractivity contribution in [1.29, 1.82) is 0 Å². The first kappa shape index (κ1) is 8.44. The number of rotatable bonds is 2. The average molecular weight is 181 g/mol. The third-order valence-electron chi connectivity index (χ3n) is 1.44. The predicted molar refractivity (Wildman–Crippen MR) is 39.3 cm³/mol. The molecule has 0 aromatic carbocycles. The van der Waals surface area contributed by atoms with Crippen molar-refractivity contribution < 1.29 is 5.11 Å². The summed E-state index contributed by atoms with van der Waals surface area (Å²) < 4.78 is 0. The fraction of sp³-hybridized carbons (Fsp3) is 1.00. The Morgan fingerprint density at radius 1 is 1.62 bits per heavy atom. The lowest BCUT2D eigenvalue weighted by atomic mass is 9.95. The van der Waals surface area contributed by atoms with Gasteiger partial charge in [-0.3, -0.25) is 0 Å². The minimum atomic E-state index is -0.538. The summed E-state index contributed by atoms with van der Waals surface area (Å²) in [5, 5.41) is 10.1. The van der Waals surface area contributed by atoms with E-state index < -0.39 is 5.60 Å². The Bertz CT molecular complexity index is 65.4. The van der Waals surface area contributed by atoms with E-state index >= 15 is 0 Å². The fourth-order valence-corrected chi connectivity index (χ4v) is 0.981. The first-order chi connectivity index (χ1) is 3.48. The van der Waals surface area contributed by atoms with Crippen molar-refractivity contribution in [2.75, 3.05) is 5.33 Å². The van der Waals surface area contributed by atoms with E-state index in [9.17, 15) is 5.11 Å². The average Bonchev–Trinajstić information content (AvgIpc) is 1.62. The van der Waals surface area contributed by atoms with Crippen molar-refractivity contribution in [2.24, 2.45) is 5.92 Å². The van der Waals surface area contributed by atoms with Gasteiger partial charge in [-0.25, -0.2) is 0 Å². The molecule has 0 aliphatic carbocycles. The molecule has 50 valence electrons. The number of halogens is 1. The zero-order valence-corrected chi connectivity index (χ0v) is 7.20. The van der Waals surface area contributed by atoms with Crippen LogP contribution in [-0.2, 0) is 0 Å². The van der Waals surface area contributed by atoms with Crippen LogP contribution in [0, 0.1) is 5.92 Å². The fourth-order valence-electron chi connectivity index (χ4n) is 0.189. The molecule has 2 heteroatoms. The summed E-state index contributed by atoms with van der Waals surface area (Å²) in [4.78, 5) is 0. The van der Waals surface area contributed by atoms with Crippen molar-refractivity contribution in [2.45, 2.75) is 26.4 Å². The molecule has 0 amide bonds. The Morgan fingerprint density at radius 2 is 2.00 bits per heavy atom. The van der Waals surface area contributed by atoms with E-state index in [0.29, 0.717) is 5.92 Å². The Balaban J connectivity index is 3.62. The number of hydrogen-bond acceptors (Lipinski definition) is 1. The topological polar surface area (TPSA) is 20.2 Å². The van der Waals surface area contributed by atoms with Gasteiger partial charge in [-0.05, 0) is 19.8 Å². The van der Waals surface area contributed by atoms with E-state index in [1.54, 1.807) is 0 Å². The van der Waals surface area contributed by atoms with Gasteiger partial charge in [0.05, 0.1) is 5.60 Å². The highest BCUT2D eigenvalue weighted by Crippen LogP contribution is 2.16. The summed E-state index contributed by atoms with van der Waals surface area (Å²) in [5.41, 5.74) is -0.538. The van der Waals surface area contributed by atoms with Gasteiger partial charge < -0.3 is 5.11 Å². The SMILES string of the molecule is C[C@@H](CBr)C(C)(C)O. The van der Waals surface area contributed by atoms with Gasteiger partial charge in [-0.1, -0.05) is 22.9 Å². The maximum Gasteiger partial charge on any atom is 0.0625 e. The van der Waals surface area contributed by atoms with Crippen molar-refractivity contribution in [1.82, 2.24) is 0 Å². The highest BCUT2D eigenvalue weighted by atomic mass is 79.9. The van der Waals surface area contributed by atoms with Crippen LogP contribution in [0.25, 0.3) is 0 Å². The molecule has 0 fully saturated rings. The third kappa shape index (κ3) is 2.68. The zero-order valence-electron chi connectivity index (χ0n) is 5.61. The quantitative estimate of drug-likeness (QED) is 0.644. The highest BCUT2D eigenvalue weighted by Gasteiger charge is 2.20. The molecule has 0 saturated heterocycles. The van der Waals surface area contributed by atoms with Gasteiger partial charge >= 0.3 is 0 Å². The second kappa shape index (κ2) is 2.83. The van der Waals surface area contributed by atoms with Crippen LogP contribution in [0.5, 0.6) is 0 Å². The van der Waals surface area contributed by atoms with E-state index in [4.69, 9.17) is 0 Å². The molecule has 0 radical (unpaired) electrons. The smallest absolute Gasteiger partial charge is 0.0625 e. The van der Waals surface area contributed by atoms with Crippen molar-refractivity contribution in [3.05, 3.63) is 0 Å². The molecule has 1 N–H and O–H groups in total. The summed E-state index contributed by atoms with van der Waals surface area (Å²) in [6.45, 7) is 5.65. The van der Waals surface area contributed by atoms with E-state index in [2.05, 4.69) is 15.9 Å². The lowest BCUT2D eigenvalue weighted by molar-refractivity contribution is 0.0351. The van der Waals surface area contributed by atoms with Crippen LogP contribution in [0.4, 0.5) is 0 Å². The predicted octanol–water partition coefficient (Wildman–Crippen LogP) is 1.79. The molecule has 8 heavy (non-hydrogen) atoms. The van der Waals surface area contributed by atoms with E-state index in [1.165, 1.54) is 0 Å². The molecule has 0 saturated carbocycles. The van der Waals surface area contributed by atoms with Crippen LogP contribution >= 0.6 is 15.9 Å². The van der Waals surface area contributed by atoms with Crippen molar-refractivity contribution in [3.63, 3.8) is 0 Å². The van der Waals surface area contributed by atoms with Gasteiger partial charge in [0.15, 0.2) is 0 Å².